The van der Waals surface area contributed by atoms with Crippen LogP contribution >= 0.6 is 11.3 Å². The Kier molecular flexibility index (Phi) is 7.92. The van der Waals surface area contributed by atoms with Crippen LogP contribution in [-0.4, -0.2) is 97.1 Å². The second kappa shape index (κ2) is 11.4. The van der Waals surface area contributed by atoms with Crippen molar-refractivity contribution >= 4 is 43.0 Å². The second-order valence-corrected chi connectivity index (χ2v) is 17.9. The highest BCUT2D eigenvalue weighted by molar-refractivity contribution is 7.91. The molecule has 5 atom stereocenters. The molecular formula is C35H46N4O4S2. The van der Waals surface area contributed by atoms with Crippen LogP contribution in [0.3, 0.4) is 0 Å². The van der Waals surface area contributed by atoms with Gasteiger partial charge in [-0.15, -0.1) is 11.3 Å². The molecule has 2 bridgehead atoms. The predicted octanol–water partition coefficient (Wildman–Crippen LogP) is 4.73. The lowest BCUT2D eigenvalue weighted by atomic mass is 9.76. The zero-order valence-electron chi connectivity index (χ0n) is 27.1. The number of fused-ring (bicyclic) bond motifs is 3. The van der Waals surface area contributed by atoms with Crippen molar-refractivity contribution in [2.24, 2.45) is 11.8 Å². The average molecular weight is 651 g/mol. The van der Waals surface area contributed by atoms with Crippen molar-refractivity contribution in [3.63, 3.8) is 0 Å². The number of carbonyl (C=O) groups excluding carboxylic acids is 2. The quantitative estimate of drug-likeness (QED) is 0.340. The van der Waals surface area contributed by atoms with E-state index < -0.39 is 15.3 Å². The topological polar surface area (TPSA) is 103 Å². The van der Waals surface area contributed by atoms with Crippen LogP contribution in [0.15, 0.2) is 24.3 Å². The number of benzene rings is 1. The van der Waals surface area contributed by atoms with Crippen LogP contribution in [0.4, 0.5) is 0 Å². The first kappa shape index (κ1) is 31.2. The summed E-state index contributed by atoms with van der Waals surface area (Å²) in [5.41, 5.74) is 4.21. The molecule has 7 rings (SSSR count). The van der Waals surface area contributed by atoms with Gasteiger partial charge in [-0.05, 0) is 90.1 Å². The molecule has 0 amide bonds. The van der Waals surface area contributed by atoms with E-state index in [1.54, 1.807) is 11.3 Å². The molecule has 3 saturated heterocycles. The zero-order chi connectivity index (χ0) is 31.8. The lowest BCUT2D eigenvalue weighted by molar-refractivity contribution is -0.128. The normalized spacial score (nSPS) is 27.8. The minimum absolute atomic E-state index is 0.0652. The Bertz CT molecular complexity index is 1720. The van der Waals surface area contributed by atoms with Gasteiger partial charge < -0.3 is 10.3 Å². The van der Waals surface area contributed by atoms with Crippen molar-refractivity contribution < 1.29 is 18.0 Å². The van der Waals surface area contributed by atoms with E-state index in [2.05, 4.69) is 72.1 Å². The van der Waals surface area contributed by atoms with Gasteiger partial charge in [0.15, 0.2) is 15.6 Å². The monoisotopic (exact) mass is 650 g/mol. The Hall–Kier alpha value is -2.37. The van der Waals surface area contributed by atoms with Crippen LogP contribution in [0.5, 0.6) is 0 Å². The van der Waals surface area contributed by atoms with Crippen molar-refractivity contribution in [3.05, 3.63) is 45.8 Å². The molecule has 242 valence electrons. The molecule has 10 heteroatoms. The number of aromatic amines is 1. The molecule has 5 unspecified atom stereocenters. The zero-order valence-corrected chi connectivity index (χ0v) is 28.7. The summed E-state index contributed by atoms with van der Waals surface area (Å²) in [6.07, 6.45) is 2.90. The fraction of sp³-hybridized carbons (Fsp3) is 0.600. The molecule has 1 saturated carbocycles. The Balaban J connectivity index is 1.20. The third kappa shape index (κ3) is 5.54. The number of nitrogens with zero attached hydrogens (tertiary/aromatic N) is 2. The standard InChI is InChI=1S/C35H46N4O4S2/c1-20-14-21(2)16-24(15-20)31-30(32(40)22(3)38-9-11-39(12-10-38)25-8-13-45(42,43)19-25)26-17-28(44-34(26)37-31)35(4,5)33(41)29-23-6-7-27(29)36-18-23/h14-17,22-23,25,27,29,36-37H,6-13,18-19H2,1-5H3. The molecule has 5 heterocycles. The summed E-state index contributed by atoms with van der Waals surface area (Å²) in [4.78, 5) is 38.7. The number of aromatic nitrogens is 1. The van der Waals surface area contributed by atoms with E-state index in [0.717, 1.165) is 83.0 Å². The van der Waals surface area contributed by atoms with Gasteiger partial charge >= 0.3 is 0 Å². The van der Waals surface area contributed by atoms with Crippen LogP contribution < -0.4 is 5.32 Å². The number of sulfone groups is 1. The van der Waals surface area contributed by atoms with Crippen molar-refractivity contribution in [1.29, 1.82) is 0 Å². The summed E-state index contributed by atoms with van der Waals surface area (Å²) in [6.45, 7) is 14.2. The highest BCUT2D eigenvalue weighted by Crippen LogP contribution is 2.46. The molecule has 45 heavy (non-hydrogen) atoms. The van der Waals surface area contributed by atoms with Crippen LogP contribution in [0, 0.1) is 25.7 Å². The van der Waals surface area contributed by atoms with E-state index in [-0.39, 0.29) is 35.3 Å². The first-order chi connectivity index (χ1) is 21.3. The van der Waals surface area contributed by atoms with Gasteiger partial charge in [0.1, 0.15) is 10.6 Å². The molecule has 4 fully saturated rings. The fourth-order valence-corrected chi connectivity index (χ4v) is 11.5. The fourth-order valence-electron chi connectivity index (χ4n) is 8.58. The third-order valence-electron chi connectivity index (χ3n) is 11.2. The van der Waals surface area contributed by atoms with Gasteiger partial charge in [-0.3, -0.25) is 19.4 Å². The largest absolute Gasteiger partial charge is 0.346 e. The summed E-state index contributed by atoms with van der Waals surface area (Å²) < 4.78 is 24.1. The van der Waals surface area contributed by atoms with Crippen molar-refractivity contribution in [1.82, 2.24) is 20.1 Å². The number of thiophene rings is 1. The minimum atomic E-state index is -2.93. The molecule has 2 aromatic heterocycles. The van der Waals surface area contributed by atoms with Gasteiger partial charge in [-0.1, -0.05) is 17.2 Å². The summed E-state index contributed by atoms with van der Waals surface area (Å²) in [7, 11) is -2.93. The summed E-state index contributed by atoms with van der Waals surface area (Å²) in [5.74, 6) is 1.42. The Morgan fingerprint density at radius 3 is 2.29 bits per heavy atom. The Labute approximate surface area is 270 Å². The lowest BCUT2D eigenvalue weighted by Gasteiger charge is -2.39. The van der Waals surface area contributed by atoms with Crippen LogP contribution in [0.2, 0.25) is 0 Å². The number of aryl methyl sites for hydroxylation is 2. The van der Waals surface area contributed by atoms with Gasteiger partial charge in [-0.2, -0.15) is 0 Å². The predicted molar refractivity (Wildman–Crippen MR) is 181 cm³/mol. The number of piperazine rings is 1. The van der Waals surface area contributed by atoms with Crippen LogP contribution in [0.25, 0.3) is 21.5 Å². The number of Topliss-reactive ketones (excluding diaryl/α,β-unsaturated/α-hetero) is 2. The lowest BCUT2D eigenvalue weighted by Crippen LogP contribution is -2.54. The number of carbonyl (C=O) groups is 2. The van der Waals surface area contributed by atoms with Crippen molar-refractivity contribution in [2.45, 2.75) is 77.4 Å². The van der Waals surface area contributed by atoms with Crippen molar-refractivity contribution in [2.75, 3.05) is 44.2 Å². The summed E-state index contributed by atoms with van der Waals surface area (Å²) >= 11 is 1.61. The first-order valence-electron chi connectivity index (χ1n) is 16.6. The maximum absolute atomic E-state index is 14.6. The molecule has 3 aliphatic heterocycles. The number of H-pyrrole nitrogens is 1. The summed E-state index contributed by atoms with van der Waals surface area (Å²) in [6, 6.07) is 8.58. The average Bonchev–Trinajstić information content (AvgIpc) is 3.82. The molecule has 1 aromatic carbocycles. The molecule has 0 radical (unpaired) electrons. The second-order valence-electron chi connectivity index (χ2n) is 14.6. The van der Waals surface area contributed by atoms with E-state index in [1.165, 1.54) is 0 Å². The first-order valence-corrected chi connectivity index (χ1v) is 19.2. The van der Waals surface area contributed by atoms with Crippen LogP contribution in [0.1, 0.15) is 66.4 Å². The van der Waals surface area contributed by atoms with Gasteiger partial charge in [0.2, 0.25) is 0 Å². The van der Waals surface area contributed by atoms with Gasteiger partial charge in [-0.25, -0.2) is 8.42 Å². The Morgan fingerprint density at radius 1 is 1.00 bits per heavy atom. The van der Waals surface area contributed by atoms with Crippen LogP contribution in [-0.2, 0) is 20.0 Å². The number of hydrogen-bond donors (Lipinski definition) is 2. The number of hydrogen-bond acceptors (Lipinski definition) is 8. The molecule has 3 aromatic rings. The smallest absolute Gasteiger partial charge is 0.182 e. The number of piperidine rings is 1. The van der Waals surface area contributed by atoms with E-state index in [9.17, 15) is 18.0 Å². The van der Waals surface area contributed by atoms with Gasteiger partial charge in [0.25, 0.3) is 0 Å². The third-order valence-corrected chi connectivity index (χ3v) is 14.3. The maximum atomic E-state index is 14.6. The number of ketones is 2. The van der Waals surface area contributed by atoms with Crippen molar-refractivity contribution in [3.8, 4) is 11.3 Å². The molecule has 2 N–H and O–H groups in total. The maximum Gasteiger partial charge on any atom is 0.182 e. The van der Waals surface area contributed by atoms with Gasteiger partial charge in [0.05, 0.1) is 34.2 Å². The molecule has 8 nitrogen and oxygen atoms in total. The van der Waals surface area contributed by atoms with E-state index in [0.29, 0.717) is 29.7 Å². The number of nitrogens with one attached hydrogen (secondary N) is 2. The van der Waals surface area contributed by atoms with Gasteiger partial charge in [0, 0.05) is 54.4 Å². The minimum Gasteiger partial charge on any atom is -0.346 e. The van der Waals surface area contributed by atoms with E-state index >= 15 is 0 Å². The molecule has 0 spiro atoms. The Morgan fingerprint density at radius 2 is 1.71 bits per heavy atom. The highest BCUT2D eigenvalue weighted by Gasteiger charge is 2.50. The molecule has 1 aliphatic carbocycles. The summed E-state index contributed by atoms with van der Waals surface area (Å²) in [5, 5.41) is 4.46. The number of rotatable bonds is 8. The molecular weight excluding hydrogens is 605 g/mol. The highest BCUT2D eigenvalue weighted by atomic mass is 32.2. The molecule has 4 aliphatic rings. The van der Waals surface area contributed by atoms with E-state index in [1.807, 2.05) is 6.92 Å². The van der Waals surface area contributed by atoms with E-state index in [4.69, 9.17) is 0 Å². The SMILES string of the molecule is Cc1cc(C)cc(-c2[nH]c3sc(C(C)(C)C(=O)C4C5CCC4NC5)cc3c2C(=O)C(C)N2CCN(C3CCS(=O)(=O)C3)CC2)c1.